The predicted molar refractivity (Wildman–Crippen MR) is 64.6 cm³/mol. The Morgan fingerprint density at radius 3 is 2.95 bits per heavy atom. The van der Waals surface area contributed by atoms with E-state index in [0.717, 1.165) is 0 Å². The van der Waals surface area contributed by atoms with Crippen molar-refractivity contribution < 1.29 is 9.53 Å². The molecule has 0 aliphatic carbocycles. The zero-order chi connectivity index (χ0) is 13.8. The van der Waals surface area contributed by atoms with E-state index < -0.39 is 5.97 Å². The third kappa shape index (κ3) is 2.42. The number of aryl methyl sites for hydroxylation is 1. The molecule has 0 atom stereocenters. The molecule has 7 nitrogen and oxygen atoms in total. The molecule has 2 heterocycles. The first-order valence-corrected chi connectivity index (χ1v) is 5.62. The molecule has 0 saturated carbocycles. The lowest BCUT2D eigenvalue weighted by molar-refractivity contribution is 0.0524. The summed E-state index contributed by atoms with van der Waals surface area (Å²) in [6, 6.07) is 1.93. The number of hydrogen-bond donors (Lipinski definition) is 0. The molecule has 0 fully saturated rings. The van der Waals surface area contributed by atoms with Gasteiger partial charge in [-0.1, -0.05) is 0 Å². The molecule has 0 spiro atoms. The van der Waals surface area contributed by atoms with Gasteiger partial charge in [-0.3, -0.25) is 4.57 Å². The van der Waals surface area contributed by atoms with Crippen molar-refractivity contribution in [1.82, 2.24) is 19.5 Å². The molecule has 2 aromatic rings. The van der Waals surface area contributed by atoms with Crippen LogP contribution in [0, 0.1) is 18.3 Å². The second-order valence-electron chi connectivity index (χ2n) is 3.62. The first kappa shape index (κ1) is 12.7. The van der Waals surface area contributed by atoms with E-state index in [1.54, 1.807) is 20.0 Å². The van der Waals surface area contributed by atoms with Crippen LogP contribution >= 0.6 is 0 Å². The fourth-order valence-electron chi connectivity index (χ4n) is 1.53. The molecule has 2 rings (SSSR count). The average molecular weight is 257 g/mol. The zero-order valence-electron chi connectivity index (χ0n) is 10.5. The van der Waals surface area contributed by atoms with Crippen LogP contribution in [0.3, 0.4) is 0 Å². The van der Waals surface area contributed by atoms with Gasteiger partial charge in [0, 0.05) is 18.6 Å². The first-order valence-electron chi connectivity index (χ1n) is 5.62. The number of hydrogen-bond acceptors (Lipinski definition) is 6. The van der Waals surface area contributed by atoms with Crippen LogP contribution in [0.2, 0.25) is 0 Å². The van der Waals surface area contributed by atoms with Crippen molar-refractivity contribution in [1.29, 1.82) is 5.26 Å². The Morgan fingerprint density at radius 2 is 2.32 bits per heavy atom. The predicted octanol–water partition coefficient (Wildman–Crippen LogP) is 1.02. The molecule has 0 aromatic carbocycles. The number of nitriles is 1. The quantitative estimate of drug-likeness (QED) is 0.762. The second kappa shape index (κ2) is 5.27. The van der Waals surface area contributed by atoms with Crippen molar-refractivity contribution in [2.45, 2.75) is 13.8 Å². The molecular weight excluding hydrogens is 246 g/mol. The normalized spacial score (nSPS) is 9.95. The fourth-order valence-corrected chi connectivity index (χ4v) is 1.53. The highest BCUT2D eigenvalue weighted by molar-refractivity contribution is 5.90. The summed E-state index contributed by atoms with van der Waals surface area (Å²) in [5, 5.41) is 8.89. The maximum atomic E-state index is 11.6. The lowest BCUT2D eigenvalue weighted by atomic mass is 10.2. The van der Waals surface area contributed by atoms with Gasteiger partial charge in [0.25, 0.3) is 0 Å². The second-order valence-corrected chi connectivity index (χ2v) is 3.62. The molecule has 0 radical (unpaired) electrons. The van der Waals surface area contributed by atoms with Gasteiger partial charge in [-0.05, 0) is 13.8 Å². The zero-order valence-corrected chi connectivity index (χ0v) is 10.5. The molecular formula is C12H11N5O2. The van der Waals surface area contributed by atoms with Crippen molar-refractivity contribution >= 4 is 5.97 Å². The molecule has 0 aliphatic heterocycles. The minimum absolute atomic E-state index is 0.184. The Bertz CT molecular complexity index is 656. The fraction of sp³-hybridized carbons (Fsp3) is 0.250. The third-order valence-corrected chi connectivity index (χ3v) is 2.42. The standard InChI is InChI=1S/C12H11N5O2/c1-3-19-11(18)9-7-15-12(16-8(9)2)17-5-4-14-10(17)6-13/h4-5,7H,3H2,1-2H3. The molecule has 0 bridgehead atoms. The summed E-state index contributed by atoms with van der Waals surface area (Å²) in [6.07, 6.45) is 4.45. The maximum absolute atomic E-state index is 11.6. The molecule has 0 amide bonds. The third-order valence-electron chi connectivity index (χ3n) is 2.42. The monoisotopic (exact) mass is 257 g/mol. The number of ether oxygens (including phenoxy) is 1. The van der Waals surface area contributed by atoms with E-state index >= 15 is 0 Å². The molecule has 0 unspecified atom stereocenters. The van der Waals surface area contributed by atoms with Gasteiger partial charge in [-0.2, -0.15) is 5.26 Å². The van der Waals surface area contributed by atoms with Crippen LogP contribution in [-0.2, 0) is 4.74 Å². The number of aromatic nitrogens is 4. The van der Waals surface area contributed by atoms with Gasteiger partial charge in [-0.15, -0.1) is 0 Å². The van der Waals surface area contributed by atoms with E-state index in [1.165, 1.54) is 17.0 Å². The highest BCUT2D eigenvalue weighted by atomic mass is 16.5. The number of esters is 1. The van der Waals surface area contributed by atoms with E-state index in [1.807, 2.05) is 6.07 Å². The van der Waals surface area contributed by atoms with Crippen LogP contribution in [0.5, 0.6) is 0 Å². The Morgan fingerprint density at radius 1 is 1.53 bits per heavy atom. The van der Waals surface area contributed by atoms with Crippen molar-refractivity contribution in [3.05, 3.63) is 35.7 Å². The topological polar surface area (TPSA) is 93.7 Å². The van der Waals surface area contributed by atoms with Gasteiger partial charge in [0.15, 0.2) is 0 Å². The van der Waals surface area contributed by atoms with E-state index in [4.69, 9.17) is 10.00 Å². The largest absolute Gasteiger partial charge is 0.462 e. The highest BCUT2D eigenvalue weighted by Gasteiger charge is 2.14. The van der Waals surface area contributed by atoms with E-state index in [9.17, 15) is 4.79 Å². The van der Waals surface area contributed by atoms with Crippen LogP contribution in [0.1, 0.15) is 28.8 Å². The van der Waals surface area contributed by atoms with E-state index in [-0.39, 0.29) is 5.82 Å². The summed E-state index contributed by atoms with van der Waals surface area (Å²) < 4.78 is 6.34. The van der Waals surface area contributed by atoms with Crippen LogP contribution in [0.4, 0.5) is 0 Å². The summed E-state index contributed by atoms with van der Waals surface area (Å²) in [4.78, 5) is 23.7. The lowest BCUT2D eigenvalue weighted by Crippen LogP contribution is -2.11. The van der Waals surface area contributed by atoms with Gasteiger partial charge in [0.1, 0.15) is 6.07 Å². The van der Waals surface area contributed by atoms with Crippen LogP contribution in [-0.4, -0.2) is 32.1 Å². The molecule has 0 aliphatic rings. The van der Waals surface area contributed by atoms with E-state index in [0.29, 0.717) is 23.8 Å². The molecule has 2 aromatic heterocycles. The van der Waals surface area contributed by atoms with Crippen LogP contribution in [0.15, 0.2) is 18.6 Å². The number of carbonyl (C=O) groups is 1. The molecule has 0 N–H and O–H groups in total. The summed E-state index contributed by atoms with van der Waals surface area (Å²) >= 11 is 0. The maximum Gasteiger partial charge on any atom is 0.341 e. The van der Waals surface area contributed by atoms with Crippen molar-refractivity contribution in [3.63, 3.8) is 0 Å². The Balaban J connectivity index is 2.40. The number of rotatable bonds is 3. The van der Waals surface area contributed by atoms with Gasteiger partial charge in [0.2, 0.25) is 11.8 Å². The minimum Gasteiger partial charge on any atom is -0.462 e. The van der Waals surface area contributed by atoms with Crippen molar-refractivity contribution in [3.8, 4) is 12.0 Å². The van der Waals surface area contributed by atoms with Crippen LogP contribution < -0.4 is 0 Å². The highest BCUT2D eigenvalue weighted by Crippen LogP contribution is 2.10. The number of imidazole rings is 1. The number of carbonyl (C=O) groups excluding carboxylic acids is 1. The molecule has 0 saturated heterocycles. The molecule has 19 heavy (non-hydrogen) atoms. The van der Waals surface area contributed by atoms with E-state index in [2.05, 4.69) is 15.0 Å². The SMILES string of the molecule is CCOC(=O)c1cnc(-n2ccnc2C#N)nc1C. The van der Waals surface area contributed by atoms with Gasteiger partial charge < -0.3 is 4.74 Å². The smallest absolute Gasteiger partial charge is 0.341 e. The Kier molecular flexibility index (Phi) is 3.52. The Labute approximate surface area is 109 Å². The first-order chi connectivity index (χ1) is 9.17. The van der Waals surface area contributed by atoms with Crippen molar-refractivity contribution in [2.75, 3.05) is 6.61 Å². The lowest BCUT2D eigenvalue weighted by Gasteiger charge is -2.06. The van der Waals surface area contributed by atoms with Gasteiger partial charge in [0.05, 0.1) is 17.9 Å². The minimum atomic E-state index is -0.460. The molecule has 7 heteroatoms. The van der Waals surface area contributed by atoms with Gasteiger partial charge in [-0.25, -0.2) is 19.7 Å². The summed E-state index contributed by atoms with van der Waals surface area (Å²) in [5.74, 6) is 0.0144. The van der Waals surface area contributed by atoms with Crippen molar-refractivity contribution in [2.24, 2.45) is 0 Å². The van der Waals surface area contributed by atoms with Crippen LogP contribution in [0.25, 0.3) is 5.95 Å². The summed E-state index contributed by atoms with van der Waals surface area (Å²) in [6.45, 7) is 3.70. The Hall–Kier alpha value is -2.75. The average Bonchev–Trinajstić information content (AvgIpc) is 2.87. The summed E-state index contributed by atoms with van der Waals surface area (Å²) in [5.41, 5.74) is 0.797. The summed E-state index contributed by atoms with van der Waals surface area (Å²) in [7, 11) is 0. The number of nitrogens with zero attached hydrogens (tertiary/aromatic N) is 5. The molecule has 96 valence electrons. The van der Waals surface area contributed by atoms with Gasteiger partial charge >= 0.3 is 5.97 Å².